The number of carbonyl (C=O) groups is 4. The van der Waals surface area contributed by atoms with E-state index in [0.717, 1.165) is 44.6 Å². The van der Waals surface area contributed by atoms with E-state index in [9.17, 15) is 44.3 Å². The summed E-state index contributed by atoms with van der Waals surface area (Å²) in [6, 6.07) is 8.29. The minimum atomic E-state index is -5.08. The minimum Gasteiger partial charge on any atom is -0.475 e. The fourth-order valence-electron chi connectivity index (χ4n) is 5.31. The molecule has 0 aliphatic carbocycles. The Balaban J connectivity index is 0.000000352. The number of pyridine rings is 1. The number of aromatic nitrogens is 3. The van der Waals surface area contributed by atoms with Gasteiger partial charge in [0.2, 0.25) is 5.91 Å². The van der Waals surface area contributed by atoms with E-state index in [1.54, 1.807) is 23.7 Å². The van der Waals surface area contributed by atoms with Crippen LogP contribution in [0.3, 0.4) is 0 Å². The number of carboxylic acid groups (broad SMARTS) is 3. The summed E-state index contributed by atoms with van der Waals surface area (Å²) in [5.41, 5.74) is 3.26. The summed E-state index contributed by atoms with van der Waals surface area (Å²) in [6.45, 7) is 4.09. The molecule has 3 aromatic heterocycles. The van der Waals surface area contributed by atoms with Gasteiger partial charge < -0.3 is 20.2 Å². The maximum absolute atomic E-state index is 14.0. The standard InChI is InChI=1S/C23H27N5OS.3C2HF3O2/c1-26-21(5-10-25-26)20-15-27(13-19-6-12-30-16-19)17-23(20)7-2-11-28(22(23)29)14-18-3-8-24-9-4-18;3*3-2(4,5)1(6)7/h3-6,8-10,12,16,20H,2,7,11,13-15,17H2,1H3;3*(H,6,7)/t20-,23+;;;/m0.../s1. The number of likely N-dealkylation sites (tertiary alicyclic amines) is 2. The highest BCUT2D eigenvalue weighted by Crippen LogP contribution is 2.49. The summed E-state index contributed by atoms with van der Waals surface area (Å²) >= 11 is 1.73. The van der Waals surface area contributed by atoms with Crippen molar-refractivity contribution >= 4 is 35.2 Å². The van der Waals surface area contributed by atoms with Crippen molar-refractivity contribution in [2.75, 3.05) is 19.6 Å². The first kappa shape index (κ1) is 42.4. The molecule has 5 heterocycles. The fourth-order valence-corrected chi connectivity index (χ4v) is 5.97. The smallest absolute Gasteiger partial charge is 0.475 e. The molecule has 0 unspecified atom stereocenters. The first-order valence-corrected chi connectivity index (χ1v) is 15.2. The van der Waals surface area contributed by atoms with Crippen LogP contribution in [0.4, 0.5) is 39.5 Å². The highest BCUT2D eigenvalue weighted by Gasteiger charge is 2.55. The van der Waals surface area contributed by atoms with Gasteiger partial charge in [0.1, 0.15) is 0 Å². The zero-order chi connectivity index (χ0) is 38.8. The lowest BCUT2D eigenvalue weighted by molar-refractivity contribution is -0.193. The van der Waals surface area contributed by atoms with Crippen molar-refractivity contribution in [1.82, 2.24) is 24.6 Å². The SMILES string of the molecule is Cn1nccc1[C@@H]1CN(Cc2ccsc2)C[C@]12CCCN(Cc1ccncc1)C2=O.O=C(O)C(F)(F)F.O=C(O)C(F)(F)F.O=C(O)C(F)(F)F. The van der Waals surface area contributed by atoms with E-state index in [1.165, 1.54) is 11.3 Å². The van der Waals surface area contributed by atoms with E-state index in [0.29, 0.717) is 12.5 Å². The lowest BCUT2D eigenvalue weighted by Gasteiger charge is -2.42. The van der Waals surface area contributed by atoms with Crippen LogP contribution in [0.1, 0.15) is 35.6 Å². The average molecular weight is 764 g/mol. The molecule has 2 atom stereocenters. The van der Waals surface area contributed by atoms with Crippen LogP contribution in [0.25, 0.3) is 0 Å². The highest BCUT2D eigenvalue weighted by atomic mass is 32.1. The van der Waals surface area contributed by atoms with E-state index < -0.39 is 36.4 Å². The van der Waals surface area contributed by atoms with Gasteiger partial charge in [-0.2, -0.15) is 55.9 Å². The molecular formula is C29H30F9N5O7S. The highest BCUT2D eigenvalue weighted by molar-refractivity contribution is 7.07. The Morgan fingerprint density at radius 2 is 1.37 bits per heavy atom. The van der Waals surface area contributed by atoms with Gasteiger partial charge in [-0.25, -0.2) is 14.4 Å². The first-order valence-electron chi connectivity index (χ1n) is 14.3. The molecule has 0 bridgehead atoms. The third-order valence-corrected chi connectivity index (χ3v) is 8.16. The van der Waals surface area contributed by atoms with E-state index in [1.807, 2.05) is 30.1 Å². The molecule has 282 valence electrons. The molecule has 2 aliphatic heterocycles. The van der Waals surface area contributed by atoms with E-state index in [2.05, 4.69) is 42.8 Å². The van der Waals surface area contributed by atoms with E-state index >= 15 is 0 Å². The number of halogens is 9. The van der Waals surface area contributed by atoms with Gasteiger partial charge in [-0.15, -0.1) is 0 Å². The number of hydrogen-bond acceptors (Lipinski definition) is 8. The van der Waals surface area contributed by atoms with Crippen molar-refractivity contribution in [3.63, 3.8) is 0 Å². The molecule has 3 N–H and O–H groups in total. The topological polar surface area (TPSA) is 166 Å². The second-order valence-electron chi connectivity index (χ2n) is 11.0. The van der Waals surface area contributed by atoms with Crippen molar-refractivity contribution in [1.29, 1.82) is 0 Å². The van der Waals surface area contributed by atoms with Gasteiger partial charge in [-0.3, -0.25) is 19.4 Å². The Morgan fingerprint density at radius 3 is 1.80 bits per heavy atom. The third-order valence-electron chi connectivity index (χ3n) is 7.43. The van der Waals surface area contributed by atoms with Gasteiger partial charge in [-0.1, -0.05) is 0 Å². The van der Waals surface area contributed by atoms with E-state index in [4.69, 9.17) is 29.7 Å². The summed E-state index contributed by atoms with van der Waals surface area (Å²) in [5, 5.41) is 30.1. The Labute approximate surface area is 286 Å². The molecule has 1 amide bonds. The molecule has 0 saturated carbocycles. The van der Waals surface area contributed by atoms with Crippen LogP contribution in [0.2, 0.25) is 0 Å². The maximum Gasteiger partial charge on any atom is 0.490 e. The van der Waals surface area contributed by atoms with Crippen molar-refractivity contribution in [2.24, 2.45) is 12.5 Å². The Hall–Kier alpha value is -4.73. The van der Waals surface area contributed by atoms with Gasteiger partial charge >= 0.3 is 36.4 Å². The second-order valence-corrected chi connectivity index (χ2v) is 11.8. The van der Waals surface area contributed by atoms with Crippen molar-refractivity contribution in [2.45, 2.75) is 50.4 Å². The normalized spacial score (nSPS) is 19.2. The number of amides is 1. The third kappa shape index (κ3) is 12.5. The number of piperidine rings is 1. The van der Waals surface area contributed by atoms with Crippen molar-refractivity contribution in [3.8, 4) is 0 Å². The van der Waals surface area contributed by atoms with Gasteiger partial charge in [0.25, 0.3) is 0 Å². The molecule has 1 spiro atoms. The molecule has 2 aliphatic rings. The van der Waals surface area contributed by atoms with Gasteiger partial charge in [0.05, 0.1) is 5.41 Å². The molecule has 2 saturated heterocycles. The van der Waals surface area contributed by atoms with Crippen molar-refractivity contribution in [3.05, 3.63) is 70.4 Å². The summed E-state index contributed by atoms with van der Waals surface area (Å²) in [4.78, 5) is 49.3. The van der Waals surface area contributed by atoms with Crippen LogP contribution in [0, 0.1) is 5.41 Å². The zero-order valence-electron chi connectivity index (χ0n) is 26.2. The lowest BCUT2D eigenvalue weighted by Crippen LogP contribution is -2.52. The number of rotatable bonds is 5. The monoisotopic (exact) mass is 763 g/mol. The number of alkyl halides is 9. The average Bonchev–Trinajstić information content (AvgIpc) is 3.77. The molecule has 22 heteroatoms. The Bertz CT molecular complexity index is 1540. The van der Waals surface area contributed by atoms with Crippen LogP contribution in [-0.2, 0) is 39.3 Å². The molecule has 5 rings (SSSR count). The number of aliphatic carboxylic acids is 3. The zero-order valence-corrected chi connectivity index (χ0v) is 27.1. The predicted octanol–water partition coefficient (Wildman–Crippen LogP) is 5.18. The number of carboxylic acids is 3. The van der Waals surface area contributed by atoms with Crippen LogP contribution < -0.4 is 0 Å². The number of hydrogen-bond donors (Lipinski definition) is 3. The molecular weight excluding hydrogens is 733 g/mol. The summed E-state index contributed by atoms with van der Waals surface area (Å²) < 4.78 is 97.2. The number of nitrogens with zero attached hydrogens (tertiary/aromatic N) is 5. The van der Waals surface area contributed by atoms with E-state index in [-0.39, 0.29) is 11.3 Å². The van der Waals surface area contributed by atoms with Gasteiger partial charge in [-0.05, 0) is 59.0 Å². The number of aryl methyl sites for hydroxylation is 1. The van der Waals surface area contributed by atoms with Crippen LogP contribution in [0.15, 0.2) is 53.6 Å². The molecule has 0 radical (unpaired) electrons. The second kappa shape index (κ2) is 17.5. The summed E-state index contributed by atoms with van der Waals surface area (Å²) in [7, 11) is 1.99. The van der Waals surface area contributed by atoms with Gasteiger partial charge in [0, 0.05) is 70.0 Å². The lowest BCUT2D eigenvalue weighted by atomic mass is 9.70. The van der Waals surface area contributed by atoms with Crippen LogP contribution in [0.5, 0.6) is 0 Å². The van der Waals surface area contributed by atoms with Crippen LogP contribution >= 0.6 is 11.3 Å². The summed E-state index contributed by atoms with van der Waals surface area (Å²) in [5.74, 6) is -7.81. The molecule has 3 aromatic rings. The minimum absolute atomic E-state index is 0.163. The Morgan fingerprint density at radius 1 is 0.843 bits per heavy atom. The van der Waals surface area contributed by atoms with Gasteiger partial charge in [0.15, 0.2) is 0 Å². The van der Waals surface area contributed by atoms with Crippen molar-refractivity contribution < 1.29 is 74.0 Å². The molecule has 12 nitrogen and oxygen atoms in total. The van der Waals surface area contributed by atoms with Crippen LogP contribution in [-0.4, -0.2) is 102 Å². The maximum atomic E-state index is 14.0. The largest absolute Gasteiger partial charge is 0.490 e. The quantitative estimate of drug-likeness (QED) is 0.295. The first-order chi connectivity index (χ1) is 23.5. The Kier molecular flexibility index (Phi) is 14.5. The molecule has 51 heavy (non-hydrogen) atoms. The molecule has 0 aromatic carbocycles. The number of carbonyl (C=O) groups excluding carboxylic acids is 1. The summed E-state index contributed by atoms with van der Waals surface area (Å²) in [6.07, 6.45) is -7.81. The fraction of sp³-hybridized carbons (Fsp3) is 0.448. The number of thiophene rings is 1. The predicted molar refractivity (Wildman–Crippen MR) is 158 cm³/mol. The molecule has 2 fully saturated rings.